The van der Waals surface area contributed by atoms with Gasteiger partial charge in [-0.15, -0.1) is 0 Å². The lowest BCUT2D eigenvalue weighted by molar-refractivity contribution is 0.0420. The first-order chi connectivity index (χ1) is 7.74. The third-order valence-corrected chi connectivity index (χ3v) is 3.63. The molecule has 0 amide bonds. The lowest BCUT2D eigenvalue weighted by Gasteiger charge is -2.24. The third kappa shape index (κ3) is 1.62. The number of ether oxygens (including phenoxy) is 1. The van der Waals surface area contributed by atoms with Gasteiger partial charge in [0.2, 0.25) is 0 Å². The van der Waals surface area contributed by atoms with Gasteiger partial charge in [-0.05, 0) is 25.3 Å². The van der Waals surface area contributed by atoms with Crippen LogP contribution >= 0.6 is 0 Å². The van der Waals surface area contributed by atoms with Crippen molar-refractivity contribution in [1.82, 2.24) is 4.98 Å². The Balaban J connectivity index is 1.80. The second-order valence-electron chi connectivity index (χ2n) is 4.65. The molecule has 3 rings (SSSR count). The first kappa shape index (κ1) is 10.2. The van der Waals surface area contributed by atoms with Crippen LogP contribution in [-0.4, -0.2) is 22.3 Å². The van der Waals surface area contributed by atoms with E-state index in [2.05, 4.69) is 4.98 Å². The van der Waals surface area contributed by atoms with Gasteiger partial charge < -0.3 is 9.84 Å². The molecular formula is C12H14FNO2. The molecule has 16 heavy (non-hydrogen) atoms. The van der Waals surface area contributed by atoms with Crippen molar-refractivity contribution >= 4 is 0 Å². The van der Waals surface area contributed by atoms with Gasteiger partial charge in [0.25, 0.3) is 0 Å². The van der Waals surface area contributed by atoms with Gasteiger partial charge in [0.05, 0.1) is 24.5 Å². The average Bonchev–Trinajstić information content (AvgIpc) is 2.89. The highest BCUT2D eigenvalue weighted by molar-refractivity contribution is 5.15. The number of aliphatic hydroxyl groups excluding tert-OH is 1. The maximum absolute atomic E-state index is 13.0. The molecule has 3 heterocycles. The van der Waals surface area contributed by atoms with E-state index in [0.29, 0.717) is 11.7 Å². The van der Waals surface area contributed by atoms with Crippen LogP contribution in [-0.2, 0) is 4.74 Å². The molecule has 0 aliphatic carbocycles. The standard InChI is InChI=1S/C12H14FNO2/c13-8-3-7(5-14-6-8)12(15)10-4-9-1-2-11(10)16-9/h3,5-6,9-12,15H,1-2,4H2. The molecule has 0 spiro atoms. The van der Waals surface area contributed by atoms with Crippen molar-refractivity contribution in [2.45, 2.75) is 37.6 Å². The quantitative estimate of drug-likeness (QED) is 0.831. The van der Waals surface area contributed by atoms with Crippen molar-refractivity contribution in [3.05, 3.63) is 29.8 Å². The van der Waals surface area contributed by atoms with Crippen LogP contribution < -0.4 is 0 Å². The summed E-state index contributed by atoms with van der Waals surface area (Å²) in [5.41, 5.74) is 0.557. The highest BCUT2D eigenvalue weighted by Gasteiger charge is 2.44. The highest BCUT2D eigenvalue weighted by atomic mass is 19.1. The summed E-state index contributed by atoms with van der Waals surface area (Å²) in [7, 11) is 0. The molecule has 2 aliphatic rings. The van der Waals surface area contributed by atoms with Crippen LogP contribution in [0, 0.1) is 11.7 Å². The second-order valence-corrected chi connectivity index (χ2v) is 4.65. The summed E-state index contributed by atoms with van der Waals surface area (Å²) in [6.07, 6.45) is 5.44. The fourth-order valence-corrected chi connectivity index (χ4v) is 2.85. The zero-order chi connectivity index (χ0) is 11.1. The molecule has 1 N–H and O–H groups in total. The fraction of sp³-hybridized carbons (Fsp3) is 0.583. The van der Waals surface area contributed by atoms with Crippen molar-refractivity contribution in [3.8, 4) is 0 Å². The zero-order valence-corrected chi connectivity index (χ0v) is 8.84. The molecule has 2 saturated heterocycles. The number of hydrogen-bond acceptors (Lipinski definition) is 3. The lowest BCUT2D eigenvalue weighted by Crippen LogP contribution is -2.23. The van der Waals surface area contributed by atoms with E-state index >= 15 is 0 Å². The fourth-order valence-electron chi connectivity index (χ4n) is 2.85. The minimum absolute atomic E-state index is 0.0994. The first-order valence-corrected chi connectivity index (χ1v) is 5.68. The van der Waals surface area contributed by atoms with Crippen molar-refractivity contribution in [2.24, 2.45) is 5.92 Å². The van der Waals surface area contributed by atoms with Crippen LogP contribution in [0.3, 0.4) is 0 Å². The molecule has 4 atom stereocenters. The van der Waals surface area contributed by atoms with Crippen LogP contribution in [0.15, 0.2) is 18.5 Å². The Morgan fingerprint density at radius 3 is 2.94 bits per heavy atom. The molecule has 1 aromatic heterocycles. The van der Waals surface area contributed by atoms with Gasteiger partial charge in [-0.2, -0.15) is 0 Å². The molecule has 0 saturated carbocycles. The van der Waals surface area contributed by atoms with E-state index in [1.807, 2.05) is 0 Å². The SMILES string of the molecule is OC(c1cncc(F)c1)C1CC2CCC1O2. The molecule has 4 unspecified atom stereocenters. The number of nitrogens with zero attached hydrogens (tertiary/aromatic N) is 1. The molecule has 2 fully saturated rings. The molecular weight excluding hydrogens is 209 g/mol. The van der Waals surface area contributed by atoms with Crippen molar-refractivity contribution < 1.29 is 14.2 Å². The van der Waals surface area contributed by atoms with Gasteiger partial charge in [-0.25, -0.2) is 4.39 Å². The molecule has 2 aliphatic heterocycles. The average molecular weight is 223 g/mol. The normalized spacial score (nSPS) is 34.2. The molecule has 1 aromatic rings. The maximum Gasteiger partial charge on any atom is 0.141 e. The molecule has 4 heteroatoms. The van der Waals surface area contributed by atoms with E-state index in [1.54, 1.807) is 0 Å². The number of hydrogen-bond donors (Lipinski definition) is 1. The Morgan fingerprint density at radius 1 is 1.44 bits per heavy atom. The summed E-state index contributed by atoms with van der Waals surface area (Å²) in [5.74, 6) is -0.303. The predicted octanol–water partition coefficient (Wildman–Crippen LogP) is 1.82. The molecule has 0 radical (unpaired) electrons. The van der Waals surface area contributed by atoms with Crippen molar-refractivity contribution in [3.63, 3.8) is 0 Å². The Morgan fingerprint density at radius 2 is 2.31 bits per heavy atom. The molecule has 86 valence electrons. The van der Waals surface area contributed by atoms with Crippen LogP contribution in [0.2, 0.25) is 0 Å². The Labute approximate surface area is 93.3 Å². The van der Waals surface area contributed by atoms with Crippen LogP contribution in [0.5, 0.6) is 0 Å². The second kappa shape index (κ2) is 3.79. The Hall–Kier alpha value is -1.00. The summed E-state index contributed by atoms with van der Waals surface area (Å²) in [6.45, 7) is 0. The highest BCUT2D eigenvalue weighted by Crippen LogP contribution is 2.44. The van der Waals surface area contributed by atoms with E-state index in [9.17, 15) is 9.50 Å². The van der Waals surface area contributed by atoms with E-state index in [4.69, 9.17) is 4.74 Å². The molecule has 3 nitrogen and oxygen atoms in total. The van der Waals surface area contributed by atoms with Gasteiger partial charge in [-0.1, -0.05) is 0 Å². The van der Waals surface area contributed by atoms with Crippen LogP contribution in [0.4, 0.5) is 4.39 Å². The largest absolute Gasteiger partial charge is 0.388 e. The van der Waals surface area contributed by atoms with Gasteiger partial charge in [0.1, 0.15) is 5.82 Å². The topological polar surface area (TPSA) is 42.4 Å². The summed E-state index contributed by atoms with van der Waals surface area (Å²) in [4.78, 5) is 3.76. The number of aliphatic hydroxyl groups is 1. The molecule has 2 bridgehead atoms. The van der Waals surface area contributed by atoms with E-state index < -0.39 is 11.9 Å². The maximum atomic E-state index is 13.0. The number of halogens is 1. The monoisotopic (exact) mass is 223 g/mol. The van der Waals surface area contributed by atoms with Gasteiger partial charge >= 0.3 is 0 Å². The Bertz CT molecular complexity index is 398. The first-order valence-electron chi connectivity index (χ1n) is 5.68. The van der Waals surface area contributed by atoms with Crippen LogP contribution in [0.25, 0.3) is 0 Å². The van der Waals surface area contributed by atoms with Crippen LogP contribution in [0.1, 0.15) is 30.9 Å². The summed E-state index contributed by atoms with van der Waals surface area (Å²) >= 11 is 0. The predicted molar refractivity (Wildman–Crippen MR) is 55.2 cm³/mol. The summed E-state index contributed by atoms with van der Waals surface area (Å²) < 4.78 is 18.7. The smallest absolute Gasteiger partial charge is 0.141 e. The van der Waals surface area contributed by atoms with E-state index in [1.165, 1.54) is 12.3 Å². The number of rotatable bonds is 2. The third-order valence-electron chi connectivity index (χ3n) is 3.63. The number of fused-ring (bicyclic) bond motifs is 2. The Kier molecular flexibility index (Phi) is 2.41. The van der Waals surface area contributed by atoms with Crippen molar-refractivity contribution in [1.29, 1.82) is 0 Å². The van der Waals surface area contributed by atoms with Crippen molar-refractivity contribution in [2.75, 3.05) is 0 Å². The molecule has 0 aromatic carbocycles. The van der Waals surface area contributed by atoms with E-state index in [-0.39, 0.29) is 12.0 Å². The minimum Gasteiger partial charge on any atom is -0.388 e. The minimum atomic E-state index is -0.654. The van der Waals surface area contributed by atoms with E-state index in [0.717, 1.165) is 25.5 Å². The summed E-state index contributed by atoms with van der Waals surface area (Å²) in [5, 5.41) is 10.2. The number of pyridine rings is 1. The summed E-state index contributed by atoms with van der Waals surface area (Å²) in [6, 6.07) is 1.35. The van der Waals surface area contributed by atoms with Gasteiger partial charge in [-0.3, -0.25) is 4.98 Å². The lowest BCUT2D eigenvalue weighted by atomic mass is 9.83. The van der Waals surface area contributed by atoms with Gasteiger partial charge in [0, 0.05) is 17.7 Å². The number of aromatic nitrogens is 1. The zero-order valence-electron chi connectivity index (χ0n) is 8.84. The van der Waals surface area contributed by atoms with Gasteiger partial charge in [0.15, 0.2) is 0 Å².